The normalized spacial score (nSPS) is 11.6. The molecule has 2 nitrogen and oxygen atoms in total. The Hall–Kier alpha value is -1.77. The van der Waals surface area contributed by atoms with Gasteiger partial charge in [-0.25, -0.2) is 4.98 Å². The molecule has 0 bridgehead atoms. The van der Waals surface area contributed by atoms with Crippen LogP contribution in [0.4, 0.5) is 0 Å². The molecule has 0 unspecified atom stereocenters. The molecule has 1 aromatic heterocycles. The van der Waals surface area contributed by atoms with Crippen molar-refractivity contribution in [2.24, 2.45) is 7.05 Å². The van der Waals surface area contributed by atoms with E-state index in [0.717, 1.165) is 11.1 Å². The number of hydrogen-bond acceptors (Lipinski definition) is 1. The van der Waals surface area contributed by atoms with Crippen LogP contribution in [0.25, 0.3) is 0 Å². The molecule has 3 rings (SSSR count). The molecule has 0 N–H and O–H groups in total. The minimum Gasteiger partial charge on any atom is -0.334 e. The number of benzene rings is 2. The van der Waals surface area contributed by atoms with E-state index >= 15 is 0 Å². The fourth-order valence-electron chi connectivity index (χ4n) is 2.51. The molecule has 0 saturated carbocycles. The summed E-state index contributed by atoms with van der Waals surface area (Å²) in [6.45, 7) is 0. The quantitative estimate of drug-likeness (QED) is 0.645. The Morgan fingerprint density at radius 3 is 1.76 bits per heavy atom. The van der Waals surface area contributed by atoms with Crippen molar-refractivity contribution in [3.8, 4) is 0 Å². The van der Waals surface area contributed by atoms with Crippen molar-refractivity contribution in [1.82, 2.24) is 9.55 Å². The van der Waals surface area contributed by atoms with Gasteiger partial charge in [-0.1, -0.05) is 72.3 Å². The summed E-state index contributed by atoms with van der Waals surface area (Å²) >= 11 is 13.1. The molecule has 0 amide bonds. The topological polar surface area (TPSA) is 17.8 Å². The van der Waals surface area contributed by atoms with Crippen LogP contribution in [0.3, 0.4) is 0 Å². The lowest BCUT2D eigenvalue weighted by Gasteiger charge is -2.27. The van der Waals surface area contributed by atoms with Crippen LogP contribution < -0.4 is 0 Å². The van der Waals surface area contributed by atoms with Gasteiger partial charge in [0.1, 0.15) is 11.0 Å². The molecule has 21 heavy (non-hydrogen) atoms. The maximum atomic E-state index is 7.09. The van der Waals surface area contributed by atoms with Gasteiger partial charge in [0.2, 0.25) is 0 Å². The molecular weight excluding hydrogens is 303 g/mol. The summed E-state index contributed by atoms with van der Waals surface area (Å²) in [5.41, 5.74) is 1.92. The fourth-order valence-corrected chi connectivity index (χ4v) is 3.16. The first-order chi connectivity index (χ1) is 10.1. The number of hydrogen-bond donors (Lipinski definition) is 0. The van der Waals surface area contributed by atoms with Crippen LogP contribution in [-0.4, -0.2) is 9.55 Å². The number of aryl methyl sites for hydroxylation is 1. The second kappa shape index (κ2) is 5.55. The first kappa shape index (κ1) is 14.2. The van der Waals surface area contributed by atoms with Gasteiger partial charge in [0, 0.05) is 13.2 Å². The molecular formula is C17H14Cl2N2. The van der Waals surface area contributed by atoms with E-state index in [1.54, 1.807) is 6.20 Å². The Morgan fingerprint density at radius 1 is 0.905 bits per heavy atom. The molecule has 0 fully saturated rings. The van der Waals surface area contributed by atoms with Gasteiger partial charge >= 0.3 is 0 Å². The van der Waals surface area contributed by atoms with Crippen LogP contribution in [-0.2, 0) is 11.9 Å². The monoisotopic (exact) mass is 316 g/mol. The molecule has 1 heterocycles. The number of aromatic nitrogens is 2. The van der Waals surface area contributed by atoms with Crippen molar-refractivity contribution in [3.63, 3.8) is 0 Å². The fraction of sp³-hybridized carbons (Fsp3) is 0.118. The Kier molecular flexibility index (Phi) is 3.75. The van der Waals surface area contributed by atoms with E-state index in [1.807, 2.05) is 72.3 Å². The molecule has 4 heteroatoms. The number of imidazole rings is 1. The highest BCUT2D eigenvalue weighted by atomic mass is 35.5. The van der Waals surface area contributed by atoms with Gasteiger partial charge in [0.25, 0.3) is 0 Å². The summed E-state index contributed by atoms with van der Waals surface area (Å²) < 4.78 is 1.87. The minimum absolute atomic E-state index is 0.435. The van der Waals surface area contributed by atoms with Crippen molar-refractivity contribution in [1.29, 1.82) is 0 Å². The Balaban J connectivity index is 2.28. The van der Waals surface area contributed by atoms with E-state index in [2.05, 4.69) is 4.98 Å². The lowest BCUT2D eigenvalue weighted by atomic mass is 9.89. The summed E-state index contributed by atoms with van der Waals surface area (Å²) in [6.07, 6.45) is 1.76. The zero-order chi connectivity index (χ0) is 14.9. The molecule has 0 atom stereocenters. The largest absolute Gasteiger partial charge is 0.334 e. The summed E-state index contributed by atoms with van der Waals surface area (Å²) in [7, 11) is 1.90. The van der Waals surface area contributed by atoms with Crippen LogP contribution in [0.5, 0.6) is 0 Å². The highest BCUT2D eigenvalue weighted by Crippen LogP contribution is 2.42. The van der Waals surface area contributed by atoms with E-state index in [0.29, 0.717) is 11.0 Å². The minimum atomic E-state index is -0.871. The summed E-state index contributed by atoms with van der Waals surface area (Å²) in [5, 5.41) is 0.435. The average Bonchev–Trinajstić information content (AvgIpc) is 2.87. The van der Waals surface area contributed by atoms with Gasteiger partial charge in [-0.05, 0) is 11.1 Å². The molecule has 0 spiro atoms. The number of rotatable bonds is 3. The van der Waals surface area contributed by atoms with Gasteiger partial charge in [0.05, 0.1) is 0 Å². The van der Waals surface area contributed by atoms with Gasteiger partial charge in [-0.3, -0.25) is 0 Å². The summed E-state index contributed by atoms with van der Waals surface area (Å²) in [5.74, 6) is 0.701. The predicted octanol–water partition coefficient (Wildman–Crippen LogP) is 4.60. The predicted molar refractivity (Wildman–Crippen MR) is 86.8 cm³/mol. The SMILES string of the molecule is Cn1cc(Cl)nc1C(Cl)(c1ccccc1)c1ccccc1. The van der Waals surface area contributed by atoms with Crippen LogP contribution >= 0.6 is 23.2 Å². The van der Waals surface area contributed by atoms with Crippen LogP contribution in [0, 0.1) is 0 Å². The Morgan fingerprint density at radius 2 is 1.38 bits per heavy atom. The maximum Gasteiger partial charge on any atom is 0.152 e. The first-order valence-electron chi connectivity index (χ1n) is 6.61. The van der Waals surface area contributed by atoms with Crippen molar-refractivity contribution in [3.05, 3.63) is 89.0 Å². The van der Waals surface area contributed by atoms with Crippen molar-refractivity contribution < 1.29 is 0 Å². The highest BCUT2D eigenvalue weighted by Gasteiger charge is 2.38. The average molecular weight is 317 g/mol. The van der Waals surface area contributed by atoms with E-state index in [9.17, 15) is 0 Å². The molecule has 2 aromatic carbocycles. The van der Waals surface area contributed by atoms with Gasteiger partial charge < -0.3 is 4.57 Å². The number of alkyl halides is 1. The lowest BCUT2D eigenvalue weighted by Crippen LogP contribution is -2.26. The third kappa shape index (κ3) is 2.45. The van der Waals surface area contributed by atoms with E-state index in [1.165, 1.54) is 0 Å². The van der Waals surface area contributed by atoms with E-state index in [-0.39, 0.29) is 0 Å². The smallest absolute Gasteiger partial charge is 0.152 e. The Bertz CT molecular complexity index is 696. The summed E-state index contributed by atoms with van der Waals surface area (Å²) in [6, 6.07) is 19.8. The third-order valence-electron chi connectivity index (χ3n) is 3.50. The van der Waals surface area contributed by atoms with Gasteiger partial charge in [-0.2, -0.15) is 0 Å². The zero-order valence-corrected chi connectivity index (χ0v) is 13.0. The molecule has 0 aliphatic carbocycles. The molecule has 3 aromatic rings. The van der Waals surface area contributed by atoms with E-state index in [4.69, 9.17) is 23.2 Å². The van der Waals surface area contributed by atoms with Gasteiger partial charge in [0.15, 0.2) is 4.87 Å². The maximum absolute atomic E-state index is 7.09. The van der Waals surface area contributed by atoms with Crippen LogP contribution in [0.2, 0.25) is 5.15 Å². The molecule has 0 aliphatic rings. The second-order valence-corrected chi connectivity index (χ2v) is 5.84. The standard InChI is InChI=1S/C17H14Cl2N2/c1-21-12-15(18)20-16(21)17(19,13-8-4-2-5-9-13)14-10-6-3-7-11-14/h2-12H,1H3. The van der Waals surface area contributed by atoms with Crippen molar-refractivity contribution >= 4 is 23.2 Å². The first-order valence-corrected chi connectivity index (χ1v) is 7.37. The third-order valence-corrected chi connectivity index (χ3v) is 4.29. The number of nitrogens with zero attached hydrogens (tertiary/aromatic N) is 2. The van der Waals surface area contributed by atoms with Gasteiger partial charge in [-0.15, -0.1) is 11.6 Å². The van der Waals surface area contributed by atoms with Crippen molar-refractivity contribution in [2.75, 3.05) is 0 Å². The summed E-state index contributed by atoms with van der Waals surface area (Å²) in [4.78, 5) is 3.56. The molecule has 0 saturated heterocycles. The van der Waals surface area contributed by atoms with Crippen LogP contribution in [0.1, 0.15) is 17.0 Å². The van der Waals surface area contributed by atoms with E-state index < -0.39 is 4.87 Å². The molecule has 0 aliphatic heterocycles. The second-order valence-electron chi connectivity index (χ2n) is 4.89. The number of halogens is 2. The highest BCUT2D eigenvalue weighted by molar-refractivity contribution is 6.30. The Labute approximate surface area is 134 Å². The molecule has 0 radical (unpaired) electrons. The zero-order valence-electron chi connectivity index (χ0n) is 11.5. The van der Waals surface area contributed by atoms with Crippen molar-refractivity contribution in [2.45, 2.75) is 4.87 Å². The van der Waals surface area contributed by atoms with Crippen LogP contribution in [0.15, 0.2) is 66.9 Å². The molecule has 106 valence electrons. The lowest BCUT2D eigenvalue weighted by molar-refractivity contribution is 0.716.